The molecular weight excluding hydrogens is 186 g/mol. The largest absolute Gasteiger partial charge is 0.497 e. The van der Waals surface area contributed by atoms with E-state index in [-0.39, 0.29) is 0 Å². The van der Waals surface area contributed by atoms with E-state index in [1.54, 1.807) is 7.11 Å². The molecule has 0 unspecified atom stereocenters. The third-order valence-electron chi connectivity index (χ3n) is 2.60. The van der Waals surface area contributed by atoms with Crippen molar-refractivity contribution in [2.75, 3.05) is 7.11 Å². The van der Waals surface area contributed by atoms with E-state index in [0.717, 1.165) is 12.2 Å². The zero-order chi connectivity index (χ0) is 10.8. The van der Waals surface area contributed by atoms with E-state index < -0.39 is 0 Å². The highest BCUT2D eigenvalue weighted by Crippen LogP contribution is 2.25. The number of aromatic nitrogens is 1. The molecule has 2 nitrogen and oxygen atoms in total. The van der Waals surface area contributed by atoms with Crippen LogP contribution < -0.4 is 4.74 Å². The second-order valence-corrected chi connectivity index (χ2v) is 4.32. The molecule has 0 spiro atoms. The Kier molecular flexibility index (Phi) is 2.67. The molecule has 0 radical (unpaired) electrons. The molecule has 0 aliphatic heterocycles. The SMILES string of the molecule is COc1ccc2[nH]cc(CC(C)C)c2c1. The summed E-state index contributed by atoms with van der Waals surface area (Å²) in [4.78, 5) is 3.29. The second-order valence-electron chi connectivity index (χ2n) is 4.32. The quantitative estimate of drug-likeness (QED) is 0.812. The number of aromatic amines is 1. The topological polar surface area (TPSA) is 25.0 Å². The van der Waals surface area contributed by atoms with Crippen molar-refractivity contribution < 1.29 is 4.74 Å². The molecule has 2 rings (SSSR count). The molecule has 1 aromatic carbocycles. The Morgan fingerprint density at radius 1 is 1.33 bits per heavy atom. The molecule has 0 saturated heterocycles. The lowest BCUT2D eigenvalue weighted by molar-refractivity contribution is 0.415. The average Bonchev–Trinajstić information content (AvgIpc) is 2.60. The maximum absolute atomic E-state index is 5.24. The van der Waals surface area contributed by atoms with Crippen molar-refractivity contribution in [1.82, 2.24) is 4.98 Å². The normalized spacial score (nSPS) is 11.2. The van der Waals surface area contributed by atoms with E-state index in [0.29, 0.717) is 5.92 Å². The maximum Gasteiger partial charge on any atom is 0.119 e. The lowest BCUT2D eigenvalue weighted by atomic mass is 10.0. The van der Waals surface area contributed by atoms with Gasteiger partial charge in [0.05, 0.1) is 7.11 Å². The van der Waals surface area contributed by atoms with Crippen LogP contribution in [0.15, 0.2) is 24.4 Å². The number of hydrogen-bond acceptors (Lipinski definition) is 1. The average molecular weight is 203 g/mol. The van der Waals surface area contributed by atoms with Crippen LogP contribution in [0.3, 0.4) is 0 Å². The summed E-state index contributed by atoms with van der Waals surface area (Å²) in [6.07, 6.45) is 3.21. The predicted octanol–water partition coefficient (Wildman–Crippen LogP) is 3.38. The minimum Gasteiger partial charge on any atom is -0.497 e. The fraction of sp³-hybridized carbons (Fsp3) is 0.385. The Hall–Kier alpha value is -1.44. The number of benzene rings is 1. The van der Waals surface area contributed by atoms with Crippen molar-refractivity contribution in [2.45, 2.75) is 20.3 Å². The van der Waals surface area contributed by atoms with E-state index >= 15 is 0 Å². The van der Waals surface area contributed by atoms with Crippen LogP contribution in [-0.4, -0.2) is 12.1 Å². The number of ether oxygens (including phenoxy) is 1. The summed E-state index contributed by atoms with van der Waals surface area (Å²) in [5.74, 6) is 1.60. The Morgan fingerprint density at radius 2 is 2.13 bits per heavy atom. The Balaban J connectivity index is 2.46. The summed E-state index contributed by atoms with van der Waals surface area (Å²) >= 11 is 0. The first-order valence-corrected chi connectivity index (χ1v) is 5.34. The van der Waals surface area contributed by atoms with Crippen molar-refractivity contribution >= 4 is 10.9 Å². The third kappa shape index (κ3) is 1.99. The highest BCUT2D eigenvalue weighted by Gasteiger charge is 2.06. The fourth-order valence-electron chi connectivity index (χ4n) is 1.89. The van der Waals surface area contributed by atoms with Gasteiger partial charge < -0.3 is 9.72 Å². The predicted molar refractivity (Wildman–Crippen MR) is 63.4 cm³/mol. The number of rotatable bonds is 3. The summed E-state index contributed by atoms with van der Waals surface area (Å²) in [6, 6.07) is 6.15. The number of H-pyrrole nitrogens is 1. The molecule has 0 atom stereocenters. The number of hydrogen-bond donors (Lipinski definition) is 1. The van der Waals surface area contributed by atoms with Crippen LogP contribution >= 0.6 is 0 Å². The fourth-order valence-corrected chi connectivity index (χ4v) is 1.89. The maximum atomic E-state index is 5.24. The molecule has 80 valence electrons. The summed E-state index contributed by atoms with van der Waals surface area (Å²) in [7, 11) is 1.70. The van der Waals surface area contributed by atoms with Crippen LogP contribution in [0.2, 0.25) is 0 Å². The number of nitrogens with one attached hydrogen (secondary N) is 1. The third-order valence-corrected chi connectivity index (χ3v) is 2.60. The van der Waals surface area contributed by atoms with Gasteiger partial charge >= 0.3 is 0 Å². The van der Waals surface area contributed by atoms with Crippen molar-refractivity contribution in [1.29, 1.82) is 0 Å². The van der Waals surface area contributed by atoms with Gasteiger partial charge in [-0.05, 0) is 36.1 Å². The molecule has 0 bridgehead atoms. The molecule has 0 saturated carbocycles. The van der Waals surface area contributed by atoms with Crippen molar-refractivity contribution in [3.63, 3.8) is 0 Å². The van der Waals surface area contributed by atoms with Gasteiger partial charge in [0.15, 0.2) is 0 Å². The van der Waals surface area contributed by atoms with E-state index in [1.165, 1.54) is 16.5 Å². The summed E-state index contributed by atoms with van der Waals surface area (Å²) in [6.45, 7) is 4.47. The molecular formula is C13H17NO. The molecule has 2 aromatic rings. The highest BCUT2D eigenvalue weighted by atomic mass is 16.5. The minimum atomic E-state index is 0.676. The van der Waals surface area contributed by atoms with Gasteiger partial charge in [0.25, 0.3) is 0 Å². The number of fused-ring (bicyclic) bond motifs is 1. The first-order valence-electron chi connectivity index (χ1n) is 5.34. The smallest absolute Gasteiger partial charge is 0.119 e. The highest BCUT2D eigenvalue weighted by molar-refractivity contribution is 5.84. The lowest BCUT2D eigenvalue weighted by Gasteiger charge is -2.04. The van der Waals surface area contributed by atoms with Crippen LogP contribution in [0.5, 0.6) is 5.75 Å². The summed E-state index contributed by atoms with van der Waals surface area (Å²) in [5, 5.41) is 1.28. The first kappa shape index (κ1) is 10.1. The van der Waals surface area contributed by atoms with Gasteiger partial charge in [0.1, 0.15) is 5.75 Å². The van der Waals surface area contributed by atoms with Gasteiger partial charge in [-0.2, -0.15) is 0 Å². The lowest BCUT2D eigenvalue weighted by Crippen LogP contribution is -1.92. The Bertz CT molecular complexity index is 457. The molecule has 2 heteroatoms. The molecule has 1 N–H and O–H groups in total. The van der Waals surface area contributed by atoms with Gasteiger partial charge in [0.2, 0.25) is 0 Å². The zero-order valence-electron chi connectivity index (χ0n) is 9.50. The number of methoxy groups -OCH3 is 1. The molecule has 0 aliphatic rings. The summed E-state index contributed by atoms with van der Waals surface area (Å²) < 4.78 is 5.24. The Morgan fingerprint density at radius 3 is 2.80 bits per heavy atom. The minimum absolute atomic E-state index is 0.676. The molecule has 0 amide bonds. The van der Waals surface area contributed by atoms with Crippen LogP contribution in [0.25, 0.3) is 10.9 Å². The molecule has 1 heterocycles. The molecule has 0 aliphatic carbocycles. The zero-order valence-corrected chi connectivity index (χ0v) is 9.50. The second kappa shape index (κ2) is 3.97. The van der Waals surface area contributed by atoms with Crippen molar-refractivity contribution in [2.24, 2.45) is 5.92 Å². The Labute approximate surface area is 90.3 Å². The standard InChI is InChI=1S/C13H17NO/c1-9(2)6-10-8-14-13-5-4-11(15-3)7-12(10)13/h4-5,7-9,14H,6H2,1-3H3. The molecule has 15 heavy (non-hydrogen) atoms. The van der Waals surface area contributed by atoms with Crippen LogP contribution in [0.1, 0.15) is 19.4 Å². The molecule has 1 aromatic heterocycles. The van der Waals surface area contributed by atoms with Crippen LogP contribution in [0.4, 0.5) is 0 Å². The van der Waals surface area contributed by atoms with Gasteiger partial charge in [-0.3, -0.25) is 0 Å². The summed E-state index contributed by atoms with van der Waals surface area (Å²) in [5.41, 5.74) is 2.56. The van der Waals surface area contributed by atoms with E-state index in [1.807, 2.05) is 6.07 Å². The van der Waals surface area contributed by atoms with Crippen LogP contribution in [0, 0.1) is 5.92 Å². The van der Waals surface area contributed by atoms with Gasteiger partial charge in [-0.25, -0.2) is 0 Å². The van der Waals surface area contributed by atoms with E-state index in [2.05, 4.69) is 37.2 Å². The van der Waals surface area contributed by atoms with Crippen molar-refractivity contribution in [3.8, 4) is 5.75 Å². The van der Waals surface area contributed by atoms with Gasteiger partial charge in [0, 0.05) is 17.1 Å². The van der Waals surface area contributed by atoms with E-state index in [4.69, 9.17) is 4.74 Å². The van der Waals surface area contributed by atoms with E-state index in [9.17, 15) is 0 Å². The monoisotopic (exact) mass is 203 g/mol. The first-order chi connectivity index (χ1) is 7.20. The van der Waals surface area contributed by atoms with Gasteiger partial charge in [-0.15, -0.1) is 0 Å². The van der Waals surface area contributed by atoms with Gasteiger partial charge in [-0.1, -0.05) is 13.8 Å². The van der Waals surface area contributed by atoms with Crippen LogP contribution in [-0.2, 0) is 6.42 Å². The molecule has 0 fully saturated rings. The van der Waals surface area contributed by atoms with Crippen molar-refractivity contribution in [3.05, 3.63) is 30.0 Å².